The first kappa shape index (κ1) is 18.6. The first-order valence-electron chi connectivity index (χ1n) is 8.12. The molecule has 2 rings (SSSR count). The molecule has 1 aromatic rings. The number of amides is 1. The Morgan fingerprint density at radius 1 is 1.29 bits per heavy atom. The number of carbonyl (C=O) groups excluding carboxylic acids is 1. The number of rotatable bonds is 6. The minimum absolute atomic E-state index is 0.211. The van der Waals surface area contributed by atoms with Crippen molar-refractivity contribution >= 4 is 5.91 Å². The third-order valence-corrected chi connectivity index (χ3v) is 4.10. The smallest absolute Gasteiger partial charge is 0.401 e. The van der Waals surface area contributed by atoms with Crippen molar-refractivity contribution in [2.45, 2.75) is 32.0 Å². The van der Waals surface area contributed by atoms with E-state index in [0.717, 1.165) is 0 Å². The summed E-state index contributed by atoms with van der Waals surface area (Å²) in [6.07, 6.45) is -3.45. The van der Waals surface area contributed by atoms with Crippen molar-refractivity contribution in [1.29, 1.82) is 0 Å². The Labute approximate surface area is 140 Å². The summed E-state index contributed by atoms with van der Waals surface area (Å²) in [6.45, 7) is 2.12. The number of para-hydroxylation sites is 1. The molecule has 134 valence electrons. The molecule has 0 aliphatic carbocycles. The van der Waals surface area contributed by atoms with E-state index in [2.05, 4.69) is 5.32 Å². The summed E-state index contributed by atoms with van der Waals surface area (Å²) in [5, 5.41) is 2.83. The molecule has 1 heterocycles. The molecule has 1 fully saturated rings. The summed E-state index contributed by atoms with van der Waals surface area (Å²) in [6, 6.07) is 9.08. The van der Waals surface area contributed by atoms with Crippen LogP contribution in [0.3, 0.4) is 0 Å². The number of alkyl halides is 3. The molecule has 1 aliphatic heterocycles. The van der Waals surface area contributed by atoms with Crippen LogP contribution in [0.4, 0.5) is 13.2 Å². The second kappa shape index (κ2) is 8.37. The van der Waals surface area contributed by atoms with Gasteiger partial charge in [0.15, 0.2) is 6.10 Å². The fourth-order valence-electron chi connectivity index (χ4n) is 2.75. The molecule has 0 bridgehead atoms. The lowest BCUT2D eigenvalue weighted by Crippen LogP contribution is -2.44. The normalized spacial score (nSPS) is 18.2. The molecule has 1 unspecified atom stereocenters. The van der Waals surface area contributed by atoms with Crippen LogP contribution < -0.4 is 10.1 Å². The van der Waals surface area contributed by atoms with Crippen LogP contribution in [0.2, 0.25) is 0 Å². The summed E-state index contributed by atoms with van der Waals surface area (Å²) in [5.74, 6) is 0.625. The number of carbonyl (C=O) groups is 1. The van der Waals surface area contributed by atoms with Gasteiger partial charge in [-0.05, 0) is 50.9 Å². The van der Waals surface area contributed by atoms with E-state index in [9.17, 15) is 18.0 Å². The van der Waals surface area contributed by atoms with Crippen molar-refractivity contribution in [3.05, 3.63) is 30.3 Å². The van der Waals surface area contributed by atoms with E-state index in [1.165, 1.54) is 4.90 Å². The van der Waals surface area contributed by atoms with Crippen molar-refractivity contribution in [3.8, 4) is 5.75 Å². The number of likely N-dealkylation sites (tertiary alicyclic amines) is 1. The topological polar surface area (TPSA) is 41.6 Å². The highest BCUT2D eigenvalue weighted by Gasteiger charge is 2.32. The van der Waals surface area contributed by atoms with Gasteiger partial charge in [-0.3, -0.25) is 9.69 Å². The van der Waals surface area contributed by atoms with Gasteiger partial charge in [0.1, 0.15) is 5.75 Å². The fraction of sp³-hybridized carbons (Fsp3) is 0.588. The van der Waals surface area contributed by atoms with Crippen LogP contribution in [0.15, 0.2) is 30.3 Å². The Bertz CT molecular complexity index is 514. The van der Waals surface area contributed by atoms with Gasteiger partial charge in [0.2, 0.25) is 0 Å². The minimum Gasteiger partial charge on any atom is -0.481 e. The molecule has 7 heteroatoms. The van der Waals surface area contributed by atoms with E-state index < -0.39 is 18.8 Å². The van der Waals surface area contributed by atoms with Crippen molar-refractivity contribution < 1.29 is 22.7 Å². The maximum atomic E-state index is 12.3. The van der Waals surface area contributed by atoms with E-state index in [4.69, 9.17) is 4.74 Å². The Hall–Kier alpha value is -1.76. The zero-order chi connectivity index (χ0) is 17.6. The lowest BCUT2D eigenvalue weighted by atomic mass is 9.96. The van der Waals surface area contributed by atoms with Crippen molar-refractivity contribution in [2.75, 3.05) is 26.2 Å². The predicted molar refractivity (Wildman–Crippen MR) is 84.8 cm³/mol. The van der Waals surface area contributed by atoms with Gasteiger partial charge in [0.05, 0.1) is 6.54 Å². The lowest BCUT2D eigenvalue weighted by molar-refractivity contribution is -0.148. The van der Waals surface area contributed by atoms with Crippen LogP contribution in [0.1, 0.15) is 19.8 Å². The molecule has 1 amide bonds. The highest BCUT2D eigenvalue weighted by molar-refractivity contribution is 5.80. The van der Waals surface area contributed by atoms with Gasteiger partial charge in [-0.1, -0.05) is 18.2 Å². The Morgan fingerprint density at radius 2 is 1.92 bits per heavy atom. The minimum atomic E-state index is -4.15. The molecular formula is C17H23F3N2O2. The molecule has 1 aliphatic rings. The summed E-state index contributed by atoms with van der Waals surface area (Å²) >= 11 is 0. The number of ether oxygens (including phenoxy) is 1. The van der Waals surface area contributed by atoms with Gasteiger partial charge in [0, 0.05) is 6.54 Å². The number of nitrogens with zero attached hydrogens (tertiary/aromatic N) is 1. The fourth-order valence-corrected chi connectivity index (χ4v) is 2.75. The molecule has 1 N–H and O–H groups in total. The quantitative estimate of drug-likeness (QED) is 0.863. The van der Waals surface area contributed by atoms with Gasteiger partial charge in [0.25, 0.3) is 5.91 Å². The largest absolute Gasteiger partial charge is 0.481 e. The number of hydrogen-bond donors (Lipinski definition) is 1. The highest BCUT2D eigenvalue weighted by Crippen LogP contribution is 2.22. The molecule has 1 atom stereocenters. The van der Waals surface area contributed by atoms with Gasteiger partial charge in [-0.25, -0.2) is 0 Å². The molecule has 0 radical (unpaired) electrons. The molecule has 0 spiro atoms. The first-order chi connectivity index (χ1) is 11.3. The van der Waals surface area contributed by atoms with E-state index in [1.54, 1.807) is 19.1 Å². The van der Waals surface area contributed by atoms with Crippen LogP contribution in [0.25, 0.3) is 0 Å². The van der Waals surface area contributed by atoms with Gasteiger partial charge in [-0.2, -0.15) is 13.2 Å². The highest BCUT2D eigenvalue weighted by atomic mass is 19.4. The Kier molecular flexibility index (Phi) is 6.48. The molecule has 4 nitrogen and oxygen atoms in total. The Morgan fingerprint density at radius 3 is 2.50 bits per heavy atom. The summed E-state index contributed by atoms with van der Waals surface area (Å²) in [5.41, 5.74) is 0. The van der Waals surface area contributed by atoms with Crippen LogP contribution in [-0.2, 0) is 4.79 Å². The van der Waals surface area contributed by atoms with Crippen LogP contribution in [0, 0.1) is 5.92 Å². The third-order valence-electron chi connectivity index (χ3n) is 4.10. The number of piperidine rings is 1. The molecule has 0 saturated carbocycles. The van der Waals surface area contributed by atoms with E-state index in [1.807, 2.05) is 18.2 Å². The Balaban J connectivity index is 1.67. The van der Waals surface area contributed by atoms with Crippen molar-refractivity contribution in [2.24, 2.45) is 5.92 Å². The van der Waals surface area contributed by atoms with Gasteiger partial charge in [-0.15, -0.1) is 0 Å². The number of benzene rings is 1. The van der Waals surface area contributed by atoms with Crippen LogP contribution in [0.5, 0.6) is 5.75 Å². The SMILES string of the molecule is CC(Oc1ccccc1)C(=O)NCC1CCN(CC(F)(F)F)CC1. The third kappa shape index (κ3) is 6.39. The van der Waals surface area contributed by atoms with Crippen molar-refractivity contribution in [3.63, 3.8) is 0 Å². The second-order valence-corrected chi connectivity index (χ2v) is 6.15. The van der Waals surface area contributed by atoms with Crippen molar-refractivity contribution in [1.82, 2.24) is 10.2 Å². The summed E-state index contributed by atoms with van der Waals surface area (Å²) in [7, 11) is 0. The molecule has 1 saturated heterocycles. The maximum Gasteiger partial charge on any atom is 0.401 e. The summed E-state index contributed by atoms with van der Waals surface area (Å²) < 4.78 is 42.6. The lowest BCUT2D eigenvalue weighted by Gasteiger charge is -2.32. The van der Waals surface area contributed by atoms with Gasteiger partial charge >= 0.3 is 6.18 Å². The van der Waals surface area contributed by atoms with E-state index >= 15 is 0 Å². The van der Waals surface area contributed by atoms with Crippen LogP contribution in [-0.4, -0.2) is 49.3 Å². The van der Waals surface area contributed by atoms with E-state index in [0.29, 0.717) is 38.2 Å². The first-order valence-corrected chi connectivity index (χ1v) is 8.12. The number of hydrogen-bond acceptors (Lipinski definition) is 3. The average molecular weight is 344 g/mol. The second-order valence-electron chi connectivity index (χ2n) is 6.15. The molecule has 0 aromatic heterocycles. The zero-order valence-electron chi connectivity index (χ0n) is 13.7. The molecule has 24 heavy (non-hydrogen) atoms. The molecule has 1 aromatic carbocycles. The summed E-state index contributed by atoms with van der Waals surface area (Å²) in [4.78, 5) is 13.5. The van der Waals surface area contributed by atoms with Gasteiger partial charge < -0.3 is 10.1 Å². The molecular weight excluding hydrogens is 321 g/mol. The number of halogens is 3. The van der Waals surface area contributed by atoms with E-state index in [-0.39, 0.29) is 11.8 Å². The number of nitrogens with one attached hydrogen (secondary N) is 1. The monoisotopic (exact) mass is 344 g/mol. The standard InChI is InChI=1S/C17H23F3N2O2/c1-13(24-15-5-3-2-4-6-15)16(23)21-11-14-7-9-22(10-8-14)12-17(18,19)20/h2-6,13-14H,7-12H2,1H3,(H,21,23). The predicted octanol–water partition coefficient (Wildman–Crippen LogP) is 2.84. The maximum absolute atomic E-state index is 12.3. The van der Waals surface area contributed by atoms with Crippen LogP contribution >= 0.6 is 0 Å². The zero-order valence-corrected chi connectivity index (χ0v) is 13.7. The average Bonchev–Trinajstić information content (AvgIpc) is 2.53.